The fourth-order valence-electron chi connectivity index (χ4n) is 1.12. The third kappa shape index (κ3) is 4.56. The van der Waals surface area contributed by atoms with Crippen LogP contribution in [0.1, 0.15) is 22.7 Å². The summed E-state index contributed by atoms with van der Waals surface area (Å²) in [6, 6.07) is 2.25. The van der Waals surface area contributed by atoms with Gasteiger partial charge in [0.25, 0.3) is 0 Å². The molecule has 0 aliphatic heterocycles. The van der Waals surface area contributed by atoms with E-state index in [-0.39, 0.29) is 25.3 Å². The third-order valence-corrected chi connectivity index (χ3v) is 1.95. The van der Waals surface area contributed by atoms with Crippen LogP contribution >= 0.6 is 0 Å². The molecule has 1 heterocycles. The van der Waals surface area contributed by atoms with E-state index in [1.807, 2.05) is 0 Å². The second-order valence-corrected chi connectivity index (χ2v) is 3.40. The van der Waals surface area contributed by atoms with Crippen LogP contribution < -0.4 is 16.4 Å². The first kappa shape index (κ1) is 13.6. The van der Waals surface area contributed by atoms with Crippen molar-refractivity contribution in [3.63, 3.8) is 0 Å². The second kappa shape index (κ2) is 6.28. The topological polar surface area (TPSA) is 135 Å². The van der Waals surface area contributed by atoms with Gasteiger partial charge in [-0.25, -0.2) is 9.59 Å². The zero-order valence-electron chi connectivity index (χ0n) is 9.43. The van der Waals surface area contributed by atoms with E-state index in [0.29, 0.717) is 5.76 Å². The SMILES string of the molecule is NC(=O)CCNC(=O)NCc1ccc(C(=O)O)o1. The number of hydrogen-bond donors (Lipinski definition) is 4. The maximum absolute atomic E-state index is 11.2. The lowest BCUT2D eigenvalue weighted by Crippen LogP contribution is -2.36. The second-order valence-electron chi connectivity index (χ2n) is 3.40. The predicted octanol–water partition coefficient (Wildman–Crippen LogP) is -0.348. The maximum Gasteiger partial charge on any atom is 0.371 e. The van der Waals surface area contributed by atoms with Crippen molar-refractivity contribution in [2.24, 2.45) is 5.73 Å². The maximum atomic E-state index is 11.2. The molecule has 0 aliphatic rings. The summed E-state index contributed by atoms with van der Waals surface area (Å²) in [5.41, 5.74) is 4.89. The molecule has 0 spiro atoms. The number of hydrogen-bond acceptors (Lipinski definition) is 4. The Kier molecular flexibility index (Phi) is 4.73. The van der Waals surface area contributed by atoms with Gasteiger partial charge in [0.2, 0.25) is 11.7 Å². The van der Waals surface area contributed by atoms with E-state index in [2.05, 4.69) is 10.6 Å². The van der Waals surface area contributed by atoms with Gasteiger partial charge in [-0.05, 0) is 12.1 Å². The van der Waals surface area contributed by atoms with Gasteiger partial charge < -0.3 is 25.9 Å². The number of furan rings is 1. The van der Waals surface area contributed by atoms with Crippen LogP contribution in [-0.2, 0) is 11.3 Å². The van der Waals surface area contributed by atoms with Crippen LogP contribution in [0.4, 0.5) is 4.79 Å². The molecule has 98 valence electrons. The van der Waals surface area contributed by atoms with E-state index in [0.717, 1.165) is 0 Å². The zero-order valence-corrected chi connectivity index (χ0v) is 9.43. The first-order chi connectivity index (χ1) is 8.49. The lowest BCUT2D eigenvalue weighted by Gasteiger charge is -2.04. The van der Waals surface area contributed by atoms with Gasteiger partial charge in [-0.2, -0.15) is 0 Å². The summed E-state index contributed by atoms with van der Waals surface area (Å²) in [6.45, 7) is 0.190. The van der Waals surface area contributed by atoms with Gasteiger partial charge in [-0.3, -0.25) is 4.79 Å². The number of rotatable bonds is 6. The van der Waals surface area contributed by atoms with Crippen LogP contribution in [0.3, 0.4) is 0 Å². The molecule has 18 heavy (non-hydrogen) atoms. The molecule has 0 aromatic carbocycles. The number of carboxylic acids is 1. The van der Waals surface area contributed by atoms with E-state index in [1.165, 1.54) is 12.1 Å². The number of nitrogens with one attached hydrogen (secondary N) is 2. The summed E-state index contributed by atoms with van der Waals surface area (Å²) in [7, 11) is 0. The third-order valence-electron chi connectivity index (χ3n) is 1.95. The van der Waals surface area contributed by atoms with Crippen molar-refractivity contribution in [3.8, 4) is 0 Å². The molecule has 0 bridgehead atoms. The highest BCUT2D eigenvalue weighted by Gasteiger charge is 2.09. The van der Waals surface area contributed by atoms with Gasteiger partial charge in [0.15, 0.2) is 0 Å². The first-order valence-electron chi connectivity index (χ1n) is 5.11. The summed E-state index contributed by atoms with van der Waals surface area (Å²) in [5.74, 6) is -1.56. The Hall–Kier alpha value is -2.51. The first-order valence-corrected chi connectivity index (χ1v) is 5.11. The fraction of sp³-hybridized carbons (Fsp3) is 0.300. The van der Waals surface area contributed by atoms with E-state index in [9.17, 15) is 14.4 Å². The van der Waals surface area contributed by atoms with Gasteiger partial charge >= 0.3 is 12.0 Å². The highest BCUT2D eigenvalue weighted by Crippen LogP contribution is 2.07. The summed E-state index contributed by atoms with van der Waals surface area (Å²) in [4.78, 5) is 32.1. The van der Waals surface area contributed by atoms with Crippen LogP contribution in [-0.4, -0.2) is 29.6 Å². The van der Waals surface area contributed by atoms with Crippen molar-refractivity contribution in [1.82, 2.24) is 10.6 Å². The van der Waals surface area contributed by atoms with Gasteiger partial charge in [0.1, 0.15) is 5.76 Å². The monoisotopic (exact) mass is 255 g/mol. The number of carbonyl (C=O) groups is 3. The van der Waals surface area contributed by atoms with E-state index in [1.54, 1.807) is 0 Å². The van der Waals surface area contributed by atoms with Crippen LogP contribution in [0.2, 0.25) is 0 Å². The molecule has 0 atom stereocenters. The number of carboxylic acid groups (broad SMARTS) is 1. The lowest BCUT2D eigenvalue weighted by molar-refractivity contribution is -0.117. The Labute approximate surface area is 102 Å². The highest BCUT2D eigenvalue weighted by atomic mass is 16.4. The number of amides is 3. The molecule has 3 amide bonds. The zero-order chi connectivity index (χ0) is 13.5. The molecule has 0 unspecified atom stereocenters. The molecule has 1 aromatic rings. The van der Waals surface area contributed by atoms with E-state index < -0.39 is 17.9 Å². The molecule has 5 N–H and O–H groups in total. The fourth-order valence-corrected chi connectivity index (χ4v) is 1.12. The molecule has 1 aromatic heterocycles. The molecular weight excluding hydrogens is 242 g/mol. The molecular formula is C10H13N3O5. The van der Waals surface area contributed by atoms with Crippen molar-refractivity contribution in [2.75, 3.05) is 6.54 Å². The van der Waals surface area contributed by atoms with Gasteiger partial charge in [0.05, 0.1) is 6.54 Å². The smallest absolute Gasteiger partial charge is 0.371 e. The predicted molar refractivity (Wildman–Crippen MR) is 59.7 cm³/mol. The van der Waals surface area contributed by atoms with Crippen molar-refractivity contribution in [2.45, 2.75) is 13.0 Å². The highest BCUT2D eigenvalue weighted by molar-refractivity contribution is 5.84. The normalized spacial score (nSPS) is 9.78. The molecule has 0 saturated carbocycles. The van der Waals surface area contributed by atoms with E-state index >= 15 is 0 Å². The van der Waals surface area contributed by atoms with Gasteiger partial charge in [0, 0.05) is 13.0 Å². The Balaban J connectivity index is 2.29. The minimum absolute atomic E-state index is 0.0513. The number of urea groups is 1. The van der Waals surface area contributed by atoms with Crippen LogP contribution in [0.25, 0.3) is 0 Å². The standard InChI is InChI=1S/C10H13N3O5/c11-8(14)3-4-12-10(17)13-5-6-1-2-7(18-6)9(15)16/h1-2H,3-5H2,(H2,11,14)(H,15,16)(H2,12,13,17). The average Bonchev–Trinajstić information content (AvgIpc) is 2.74. The number of carbonyl (C=O) groups excluding carboxylic acids is 2. The summed E-state index contributed by atoms with van der Waals surface area (Å²) in [5, 5.41) is 13.4. The molecule has 0 radical (unpaired) electrons. The number of nitrogens with two attached hydrogens (primary N) is 1. The van der Waals surface area contributed by atoms with Crippen molar-refractivity contribution >= 4 is 17.9 Å². The van der Waals surface area contributed by atoms with Crippen molar-refractivity contribution in [3.05, 3.63) is 23.7 Å². The molecule has 1 rings (SSSR count). The van der Waals surface area contributed by atoms with Gasteiger partial charge in [-0.1, -0.05) is 0 Å². The molecule has 8 heteroatoms. The van der Waals surface area contributed by atoms with Gasteiger partial charge in [-0.15, -0.1) is 0 Å². The van der Waals surface area contributed by atoms with Crippen molar-refractivity contribution in [1.29, 1.82) is 0 Å². The Morgan fingerprint density at radius 3 is 2.56 bits per heavy atom. The molecule has 8 nitrogen and oxygen atoms in total. The Morgan fingerprint density at radius 2 is 2.00 bits per heavy atom. The average molecular weight is 255 g/mol. The quantitative estimate of drug-likeness (QED) is 0.551. The van der Waals surface area contributed by atoms with Crippen LogP contribution in [0.15, 0.2) is 16.5 Å². The largest absolute Gasteiger partial charge is 0.475 e. The molecule has 0 fully saturated rings. The number of primary amides is 1. The minimum Gasteiger partial charge on any atom is -0.475 e. The summed E-state index contributed by atoms with van der Waals surface area (Å²) >= 11 is 0. The molecule has 0 aliphatic carbocycles. The summed E-state index contributed by atoms with van der Waals surface area (Å²) in [6.07, 6.45) is 0.0529. The Morgan fingerprint density at radius 1 is 1.28 bits per heavy atom. The number of aromatic carboxylic acids is 1. The minimum atomic E-state index is -1.17. The van der Waals surface area contributed by atoms with Crippen LogP contribution in [0, 0.1) is 0 Å². The molecule has 0 saturated heterocycles. The Bertz CT molecular complexity index is 454. The lowest BCUT2D eigenvalue weighted by atomic mass is 10.4. The van der Waals surface area contributed by atoms with Crippen LogP contribution in [0.5, 0.6) is 0 Å². The van der Waals surface area contributed by atoms with E-state index in [4.69, 9.17) is 15.3 Å². The summed E-state index contributed by atoms with van der Waals surface area (Å²) < 4.78 is 4.92. The van der Waals surface area contributed by atoms with Crippen molar-refractivity contribution < 1.29 is 23.9 Å².